The molecule has 36 heavy (non-hydrogen) atoms. The Morgan fingerprint density at radius 3 is 2.44 bits per heavy atom. The zero-order chi connectivity index (χ0) is 26.0. The molecule has 0 bridgehead atoms. The third-order valence-corrected chi connectivity index (χ3v) is 6.41. The molecular weight excluding hydrogens is 462 g/mol. The van der Waals surface area contributed by atoms with E-state index in [0.29, 0.717) is 31.1 Å². The highest BCUT2D eigenvalue weighted by Gasteiger charge is 2.34. The van der Waals surface area contributed by atoms with Gasteiger partial charge in [-0.3, -0.25) is 4.79 Å². The fraction of sp³-hybridized carbons (Fsp3) is 0.407. The van der Waals surface area contributed by atoms with Crippen molar-refractivity contribution in [1.29, 1.82) is 0 Å². The molecule has 190 valence electrons. The summed E-state index contributed by atoms with van der Waals surface area (Å²) in [4.78, 5) is 32.9. The SMILES string of the molecule is COCCCOc1cc2c(cc1-c1cnc(OC)nc1)-c1cc(=O)c(C(=O)O)cn1[C@H](C(C)(C)C)C2. The van der Waals surface area contributed by atoms with E-state index in [0.717, 1.165) is 28.7 Å². The number of ether oxygens (including phenoxy) is 3. The van der Waals surface area contributed by atoms with E-state index < -0.39 is 11.4 Å². The van der Waals surface area contributed by atoms with E-state index in [-0.39, 0.29) is 23.0 Å². The number of rotatable bonds is 8. The van der Waals surface area contributed by atoms with Crippen LogP contribution in [0.2, 0.25) is 0 Å². The topological polar surface area (TPSA) is 113 Å². The highest BCUT2D eigenvalue weighted by molar-refractivity contribution is 5.88. The minimum absolute atomic E-state index is 0.0600. The van der Waals surface area contributed by atoms with E-state index in [2.05, 4.69) is 30.7 Å². The van der Waals surface area contributed by atoms with E-state index in [1.165, 1.54) is 19.4 Å². The maximum Gasteiger partial charge on any atom is 0.341 e. The van der Waals surface area contributed by atoms with Gasteiger partial charge in [0.05, 0.1) is 19.4 Å². The average molecular weight is 494 g/mol. The van der Waals surface area contributed by atoms with E-state index in [4.69, 9.17) is 14.2 Å². The summed E-state index contributed by atoms with van der Waals surface area (Å²) in [6.07, 6.45) is 6.19. The first-order chi connectivity index (χ1) is 17.1. The van der Waals surface area contributed by atoms with Gasteiger partial charge in [0.1, 0.15) is 11.3 Å². The molecule has 2 aromatic heterocycles. The summed E-state index contributed by atoms with van der Waals surface area (Å²) in [5.74, 6) is -0.547. The number of carbonyl (C=O) groups is 1. The van der Waals surface area contributed by atoms with E-state index >= 15 is 0 Å². The van der Waals surface area contributed by atoms with Crippen molar-refractivity contribution in [3.63, 3.8) is 0 Å². The summed E-state index contributed by atoms with van der Waals surface area (Å²) in [7, 11) is 3.16. The van der Waals surface area contributed by atoms with Crippen molar-refractivity contribution in [2.75, 3.05) is 27.4 Å². The van der Waals surface area contributed by atoms with Crippen molar-refractivity contribution in [3.05, 3.63) is 58.1 Å². The van der Waals surface area contributed by atoms with Gasteiger partial charge in [0.2, 0.25) is 0 Å². The van der Waals surface area contributed by atoms with Crippen LogP contribution in [0.3, 0.4) is 0 Å². The maximum atomic E-state index is 12.7. The lowest BCUT2D eigenvalue weighted by Gasteiger charge is -2.39. The fourth-order valence-corrected chi connectivity index (χ4v) is 4.53. The van der Waals surface area contributed by atoms with Gasteiger partial charge in [0, 0.05) is 67.5 Å². The molecule has 0 fully saturated rings. The monoisotopic (exact) mass is 493 g/mol. The molecule has 1 aromatic carbocycles. The molecular formula is C27H31N3O6. The second kappa shape index (κ2) is 10.1. The lowest BCUT2D eigenvalue weighted by Crippen LogP contribution is -2.32. The Kier molecular flexibility index (Phi) is 7.12. The van der Waals surface area contributed by atoms with Crippen LogP contribution in [0.5, 0.6) is 11.8 Å². The van der Waals surface area contributed by atoms with Crippen LogP contribution in [0.1, 0.15) is 49.2 Å². The van der Waals surface area contributed by atoms with Crippen LogP contribution in [-0.4, -0.2) is 53.0 Å². The predicted octanol–water partition coefficient (Wildman–Crippen LogP) is 4.24. The van der Waals surface area contributed by atoms with Gasteiger partial charge < -0.3 is 23.9 Å². The third-order valence-electron chi connectivity index (χ3n) is 6.41. The summed E-state index contributed by atoms with van der Waals surface area (Å²) in [5.41, 5.74) is 3.09. The molecule has 0 aliphatic carbocycles. The van der Waals surface area contributed by atoms with E-state index in [1.54, 1.807) is 19.5 Å². The number of nitrogens with zero attached hydrogens (tertiary/aromatic N) is 3. The van der Waals surface area contributed by atoms with Gasteiger partial charge in [-0.05, 0) is 29.5 Å². The molecule has 1 aliphatic heterocycles. The molecule has 1 atom stereocenters. The number of hydrogen-bond acceptors (Lipinski definition) is 7. The van der Waals surface area contributed by atoms with Crippen molar-refractivity contribution >= 4 is 5.97 Å². The fourth-order valence-electron chi connectivity index (χ4n) is 4.53. The Hall–Kier alpha value is -3.72. The lowest BCUT2D eigenvalue weighted by molar-refractivity contribution is 0.0693. The number of aromatic carboxylic acids is 1. The number of hydrogen-bond donors (Lipinski definition) is 1. The van der Waals surface area contributed by atoms with Crippen molar-refractivity contribution < 1.29 is 24.1 Å². The standard InChI is InChI=1S/C27H31N3O6/c1-27(2,3)24-10-16-9-23(36-8-6-7-34-4)19(17-13-28-26(35-5)29-14-17)11-18(16)21-12-22(31)20(25(32)33)15-30(21)24/h9,11-15,24H,6-8,10H2,1-5H3,(H,32,33)/t24-/m0/s1. The highest BCUT2D eigenvalue weighted by Crippen LogP contribution is 2.45. The number of methoxy groups -OCH3 is 2. The molecule has 9 heteroatoms. The molecule has 0 unspecified atom stereocenters. The molecule has 3 aromatic rings. The van der Waals surface area contributed by atoms with Crippen molar-refractivity contribution in [2.45, 2.75) is 39.7 Å². The first-order valence-electron chi connectivity index (χ1n) is 11.8. The summed E-state index contributed by atoms with van der Waals surface area (Å²) in [6, 6.07) is 5.60. The maximum absolute atomic E-state index is 12.7. The van der Waals surface area contributed by atoms with Crippen LogP contribution in [0, 0.1) is 5.41 Å². The Morgan fingerprint density at radius 2 is 1.83 bits per heavy atom. The summed E-state index contributed by atoms with van der Waals surface area (Å²) in [6.45, 7) is 7.38. The molecule has 0 radical (unpaired) electrons. The van der Waals surface area contributed by atoms with Crippen LogP contribution in [0.25, 0.3) is 22.4 Å². The molecule has 0 amide bonds. The summed E-state index contributed by atoms with van der Waals surface area (Å²) >= 11 is 0. The number of fused-ring (bicyclic) bond motifs is 3. The Balaban J connectivity index is 1.91. The lowest BCUT2D eigenvalue weighted by atomic mass is 9.78. The van der Waals surface area contributed by atoms with Gasteiger partial charge in [-0.2, -0.15) is 0 Å². The Bertz CT molecular complexity index is 1330. The minimum atomic E-state index is -1.23. The zero-order valence-corrected chi connectivity index (χ0v) is 21.2. The molecule has 0 spiro atoms. The van der Waals surface area contributed by atoms with Crippen LogP contribution >= 0.6 is 0 Å². The number of carboxylic acid groups (broad SMARTS) is 1. The van der Waals surface area contributed by atoms with Gasteiger partial charge in [-0.15, -0.1) is 0 Å². The van der Waals surface area contributed by atoms with Crippen LogP contribution in [-0.2, 0) is 11.2 Å². The first kappa shape index (κ1) is 25.4. The van der Waals surface area contributed by atoms with E-state index in [9.17, 15) is 14.7 Å². The van der Waals surface area contributed by atoms with Crippen LogP contribution in [0.15, 0.2) is 41.6 Å². The second-order valence-electron chi connectivity index (χ2n) is 9.89. The van der Waals surface area contributed by atoms with Gasteiger partial charge in [0.25, 0.3) is 0 Å². The smallest absolute Gasteiger partial charge is 0.341 e. The van der Waals surface area contributed by atoms with Gasteiger partial charge in [-0.25, -0.2) is 14.8 Å². The van der Waals surface area contributed by atoms with E-state index in [1.807, 2.05) is 16.7 Å². The van der Waals surface area contributed by atoms with Crippen molar-refractivity contribution in [3.8, 4) is 34.1 Å². The molecule has 0 saturated carbocycles. The molecule has 1 aliphatic rings. The summed E-state index contributed by atoms with van der Waals surface area (Å²) in [5, 5.41) is 9.58. The number of benzene rings is 1. The van der Waals surface area contributed by atoms with Gasteiger partial charge in [0.15, 0.2) is 5.43 Å². The minimum Gasteiger partial charge on any atom is -0.493 e. The number of carboxylic acids is 1. The zero-order valence-electron chi connectivity index (χ0n) is 21.2. The second-order valence-corrected chi connectivity index (χ2v) is 9.89. The molecule has 3 heterocycles. The quantitative estimate of drug-likeness (QED) is 0.464. The Morgan fingerprint density at radius 1 is 1.11 bits per heavy atom. The number of aromatic nitrogens is 3. The largest absolute Gasteiger partial charge is 0.493 e. The normalized spacial score (nSPS) is 14.6. The first-order valence-corrected chi connectivity index (χ1v) is 11.8. The summed E-state index contributed by atoms with van der Waals surface area (Å²) < 4.78 is 18.4. The highest BCUT2D eigenvalue weighted by atomic mass is 16.5. The van der Waals surface area contributed by atoms with Gasteiger partial charge in [-0.1, -0.05) is 20.8 Å². The molecule has 9 nitrogen and oxygen atoms in total. The Labute approximate surface area is 209 Å². The molecule has 0 saturated heterocycles. The molecule has 4 rings (SSSR count). The van der Waals surface area contributed by atoms with Crippen molar-refractivity contribution in [1.82, 2.24) is 14.5 Å². The van der Waals surface area contributed by atoms with Gasteiger partial charge >= 0.3 is 12.0 Å². The van der Waals surface area contributed by atoms with Crippen LogP contribution in [0.4, 0.5) is 0 Å². The average Bonchev–Trinajstić information content (AvgIpc) is 2.84. The number of pyridine rings is 1. The van der Waals surface area contributed by atoms with Crippen LogP contribution < -0.4 is 14.9 Å². The van der Waals surface area contributed by atoms with Crippen molar-refractivity contribution in [2.24, 2.45) is 5.41 Å². The molecule has 1 N–H and O–H groups in total. The third kappa shape index (κ3) is 4.97. The predicted molar refractivity (Wildman–Crippen MR) is 135 cm³/mol.